The molecule has 1 aromatic carbocycles. The van der Waals surface area contributed by atoms with Gasteiger partial charge in [0.25, 0.3) is 5.91 Å². The highest BCUT2D eigenvalue weighted by Crippen LogP contribution is 2.23. The summed E-state index contributed by atoms with van der Waals surface area (Å²) >= 11 is 2.86. The lowest BCUT2D eigenvalue weighted by atomic mass is 10.2. The number of rotatable bonds is 2. The van der Waals surface area contributed by atoms with E-state index >= 15 is 0 Å². The molecule has 0 spiro atoms. The van der Waals surface area contributed by atoms with E-state index in [0.29, 0.717) is 5.56 Å². The molecule has 2 rings (SSSR count). The Hall–Kier alpha value is -1.82. The Labute approximate surface area is 116 Å². The first kappa shape index (κ1) is 13.6. The van der Waals surface area contributed by atoms with Crippen LogP contribution in [0.5, 0.6) is 0 Å². The lowest BCUT2D eigenvalue weighted by molar-refractivity contribution is 0.102. The summed E-state index contributed by atoms with van der Waals surface area (Å²) in [5.41, 5.74) is 0.596. The Morgan fingerprint density at radius 1 is 1.32 bits per heavy atom. The van der Waals surface area contributed by atoms with Crippen molar-refractivity contribution < 1.29 is 13.6 Å². The van der Waals surface area contributed by atoms with E-state index in [4.69, 9.17) is 0 Å². The van der Waals surface area contributed by atoms with E-state index in [9.17, 15) is 13.6 Å². The summed E-state index contributed by atoms with van der Waals surface area (Å²) in [7, 11) is 0. The van der Waals surface area contributed by atoms with E-state index in [1.807, 2.05) is 0 Å². The number of hydrogen-bond acceptors (Lipinski definition) is 2. The second kappa shape index (κ2) is 5.44. The van der Waals surface area contributed by atoms with Gasteiger partial charge in [-0.1, -0.05) is 6.07 Å². The molecular formula is C13H9BrF2N2O. The van der Waals surface area contributed by atoms with Crippen LogP contribution in [0.1, 0.15) is 16.1 Å². The molecule has 0 fully saturated rings. The lowest BCUT2D eigenvalue weighted by Crippen LogP contribution is -2.16. The summed E-state index contributed by atoms with van der Waals surface area (Å²) in [6.45, 7) is 1.71. The third-order valence-electron chi connectivity index (χ3n) is 2.48. The Kier molecular flexibility index (Phi) is 3.90. The van der Waals surface area contributed by atoms with Crippen LogP contribution in [0.3, 0.4) is 0 Å². The van der Waals surface area contributed by atoms with Crippen LogP contribution in [-0.4, -0.2) is 10.9 Å². The van der Waals surface area contributed by atoms with Crippen LogP contribution < -0.4 is 5.32 Å². The zero-order valence-corrected chi connectivity index (χ0v) is 11.5. The van der Waals surface area contributed by atoms with Crippen molar-refractivity contribution in [3.8, 4) is 0 Å². The SMILES string of the molecule is Cc1cccnc1C(=O)Nc1cc(F)c(Br)cc1F. The van der Waals surface area contributed by atoms with Gasteiger partial charge in [-0.2, -0.15) is 0 Å². The van der Waals surface area contributed by atoms with Crippen molar-refractivity contribution in [3.05, 3.63) is 57.8 Å². The number of amides is 1. The largest absolute Gasteiger partial charge is 0.318 e. The molecule has 0 aliphatic rings. The van der Waals surface area contributed by atoms with Crippen molar-refractivity contribution in [1.82, 2.24) is 4.98 Å². The van der Waals surface area contributed by atoms with Crippen LogP contribution in [0.15, 0.2) is 34.9 Å². The van der Waals surface area contributed by atoms with Gasteiger partial charge in [0.05, 0.1) is 10.2 Å². The normalized spacial score (nSPS) is 10.3. The molecule has 1 N–H and O–H groups in total. The first-order chi connectivity index (χ1) is 8.99. The number of pyridine rings is 1. The van der Waals surface area contributed by atoms with Gasteiger partial charge in [-0.05, 0) is 40.5 Å². The van der Waals surface area contributed by atoms with Crippen molar-refractivity contribution >= 4 is 27.5 Å². The number of nitrogens with zero attached hydrogens (tertiary/aromatic N) is 1. The van der Waals surface area contributed by atoms with Crippen LogP contribution in [0.2, 0.25) is 0 Å². The van der Waals surface area contributed by atoms with E-state index < -0.39 is 17.5 Å². The molecule has 2 aromatic rings. The average molecular weight is 327 g/mol. The van der Waals surface area contributed by atoms with E-state index in [0.717, 1.165) is 12.1 Å². The Balaban J connectivity index is 2.30. The summed E-state index contributed by atoms with van der Waals surface area (Å²) in [4.78, 5) is 15.8. The van der Waals surface area contributed by atoms with Crippen molar-refractivity contribution in [2.45, 2.75) is 6.92 Å². The monoisotopic (exact) mass is 326 g/mol. The number of anilines is 1. The fraction of sp³-hybridized carbons (Fsp3) is 0.0769. The van der Waals surface area contributed by atoms with E-state index in [-0.39, 0.29) is 15.9 Å². The highest BCUT2D eigenvalue weighted by atomic mass is 79.9. The number of halogens is 3. The second-order valence-electron chi connectivity index (χ2n) is 3.87. The maximum atomic E-state index is 13.6. The minimum Gasteiger partial charge on any atom is -0.318 e. The van der Waals surface area contributed by atoms with Crippen LogP contribution in [0.25, 0.3) is 0 Å². The summed E-state index contributed by atoms with van der Waals surface area (Å²) in [5, 5.41) is 2.30. The standard InChI is InChI=1S/C13H9BrF2N2O/c1-7-3-2-4-17-12(7)13(19)18-11-6-9(15)8(14)5-10(11)16/h2-6H,1H3,(H,18,19). The first-order valence-corrected chi connectivity index (χ1v) is 6.16. The molecule has 1 aromatic heterocycles. The molecule has 6 heteroatoms. The first-order valence-electron chi connectivity index (χ1n) is 5.36. The van der Waals surface area contributed by atoms with E-state index in [1.54, 1.807) is 19.1 Å². The number of aryl methyl sites for hydroxylation is 1. The number of carbonyl (C=O) groups is 1. The van der Waals surface area contributed by atoms with Crippen LogP contribution in [0.4, 0.5) is 14.5 Å². The summed E-state index contributed by atoms with van der Waals surface area (Å²) < 4.78 is 26.9. The molecule has 1 heterocycles. The summed E-state index contributed by atoms with van der Waals surface area (Å²) in [6, 6.07) is 5.26. The minimum absolute atomic E-state index is 0.00276. The number of aromatic nitrogens is 1. The van der Waals surface area contributed by atoms with Crippen molar-refractivity contribution in [2.75, 3.05) is 5.32 Å². The third-order valence-corrected chi connectivity index (χ3v) is 3.09. The highest BCUT2D eigenvalue weighted by molar-refractivity contribution is 9.10. The maximum Gasteiger partial charge on any atom is 0.274 e. The van der Waals surface area contributed by atoms with E-state index in [1.165, 1.54) is 6.20 Å². The van der Waals surface area contributed by atoms with Crippen LogP contribution in [-0.2, 0) is 0 Å². The van der Waals surface area contributed by atoms with Crippen LogP contribution in [0, 0.1) is 18.6 Å². The predicted octanol–water partition coefficient (Wildman–Crippen LogP) is 3.68. The molecule has 0 bridgehead atoms. The molecule has 0 aliphatic heterocycles. The summed E-state index contributed by atoms with van der Waals surface area (Å²) in [5.74, 6) is -1.97. The van der Waals surface area contributed by atoms with Crippen LogP contribution >= 0.6 is 15.9 Å². The van der Waals surface area contributed by atoms with Gasteiger partial charge < -0.3 is 5.32 Å². The van der Waals surface area contributed by atoms with Gasteiger partial charge in [-0.3, -0.25) is 9.78 Å². The molecule has 1 amide bonds. The van der Waals surface area contributed by atoms with E-state index in [2.05, 4.69) is 26.2 Å². The fourth-order valence-corrected chi connectivity index (χ4v) is 1.84. The maximum absolute atomic E-state index is 13.6. The van der Waals surface area contributed by atoms with Crippen molar-refractivity contribution in [3.63, 3.8) is 0 Å². The molecular weight excluding hydrogens is 318 g/mol. The smallest absolute Gasteiger partial charge is 0.274 e. The Morgan fingerprint density at radius 2 is 2.05 bits per heavy atom. The molecule has 0 radical (unpaired) electrons. The van der Waals surface area contributed by atoms with Gasteiger partial charge in [-0.25, -0.2) is 8.78 Å². The molecule has 0 unspecified atom stereocenters. The van der Waals surface area contributed by atoms with Gasteiger partial charge in [0.15, 0.2) is 0 Å². The average Bonchev–Trinajstić information content (AvgIpc) is 2.36. The number of benzene rings is 1. The zero-order valence-electron chi connectivity index (χ0n) is 9.88. The summed E-state index contributed by atoms with van der Waals surface area (Å²) in [6.07, 6.45) is 1.46. The molecule has 98 valence electrons. The van der Waals surface area contributed by atoms with Crippen molar-refractivity contribution in [2.24, 2.45) is 0 Å². The van der Waals surface area contributed by atoms with Crippen molar-refractivity contribution in [1.29, 1.82) is 0 Å². The zero-order chi connectivity index (χ0) is 14.0. The van der Waals surface area contributed by atoms with Gasteiger partial charge in [0, 0.05) is 12.3 Å². The number of nitrogens with one attached hydrogen (secondary N) is 1. The molecule has 3 nitrogen and oxygen atoms in total. The predicted molar refractivity (Wildman–Crippen MR) is 71.0 cm³/mol. The molecule has 0 aliphatic carbocycles. The quantitative estimate of drug-likeness (QED) is 0.855. The fourth-order valence-electron chi connectivity index (χ4n) is 1.52. The topological polar surface area (TPSA) is 42.0 Å². The highest BCUT2D eigenvalue weighted by Gasteiger charge is 2.14. The second-order valence-corrected chi connectivity index (χ2v) is 4.72. The number of hydrogen-bond donors (Lipinski definition) is 1. The minimum atomic E-state index is -0.727. The molecule has 0 saturated carbocycles. The Bertz CT molecular complexity index is 647. The molecule has 19 heavy (non-hydrogen) atoms. The number of carbonyl (C=O) groups excluding carboxylic acids is 1. The van der Waals surface area contributed by atoms with Gasteiger partial charge in [-0.15, -0.1) is 0 Å². The van der Waals surface area contributed by atoms with Gasteiger partial charge >= 0.3 is 0 Å². The Morgan fingerprint density at radius 3 is 2.74 bits per heavy atom. The van der Waals surface area contributed by atoms with Gasteiger partial charge in [0.1, 0.15) is 17.3 Å². The molecule has 0 saturated heterocycles. The van der Waals surface area contributed by atoms with Gasteiger partial charge in [0.2, 0.25) is 0 Å². The lowest BCUT2D eigenvalue weighted by Gasteiger charge is -2.08. The third kappa shape index (κ3) is 2.96. The molecule has 0 atom stereocenters.